The Hall–Kier alpha value is -2.79. The van der Waals surface area contributed by atoms with E-state index in [0.717, 1.165) is 15.9 Å². The number of hydrazine groups is 1. The average molecular weight is 328 g/mol. The number of rotatable bonds is 2. The summed E-state index contributed by atoms with van der Waals surface area (Å²) < 4.78 is 0. The second-order valence-electron chi connectivity index (χ2n) is 5.09. The van der Waals surface area contributed by atoms with Crippen molar-refractivity contribution in [3.63, 3.8) is 0 Å². The normalized spacial score (nSPS) is 10.5. The Labute approximate surface area is 137 Å². The van der Waals surface area contributed by atoms with Crippen LogP contribution < -0.4 is 5.43 Å². The van der Waals surface area contributed by atoms with Crippen LogP contribution in [0.1, 0.15) is 20.8 Å². The summed E-state index contributed by atoms with van der Waals surface area (Å²) in [7, 11) is 1.51. The van der Waals surface area contributed by atoms with Crippen molar-refractivity contribution >= 4 is 34.3 Å². The van der Waals surface area contributed by atoms with Gasteiger partial charge in [0, 0.05) is 28.5 Å². The van der Waals surface area contributed by atoms with Crippen molar-refractivity contribution in [3.05, 3.63) is 70.9 Å². The summed E-state index contributed by atoms with van der Waals surface area (Å²) in [5.74, 6) is -0.692. The Morgan fingerprint density at radius 1 is 1.09 bits per heavy atom. The Morgan fingerprint density at radius 3 is 2.57 bits per heavy atom. The molecule has 5 nitrogen and oxygen atoms in total. The van der Waals surface area contributed by atoms with Crippen LogP contribution in [0.15, 0.2) is 54.6 Å². The second-order valence-corrected chi connectivity index (χ2v) is 5.52. The average Bonchev–Trinajstić information content (AvgIpc) is 2.98. The SMILES string of the molecule is CN(NC(=O)c1cc2cc(Cl)ccc2[nH]1)C(=O)c1ccccc1. The van der Waals surface area contributed by atoms with Crippen LogP contribution in [-0.2, 0) is 0 Å². The molecule has 3 aromatic rings. The minimum Gasteiger partial charge on any atom is -0.350 e. The minimum absolute atomic E-state index is 0.293. The van der Waals surface area contributed by atoms with Gasteiger partial charge in [0.1, 0.15) is 5.69 Å². The number of hydrogen-bond acceptors (Lipinski definition) is 2. The lowest BCUT2D eigenvalue weighted by Crippen LogP contribution is -2.43. The maximum absolute atomic E-state index is 12.3. The molecule has 1 aromatic heterocycles. The van der Waals surface area contributed by atoms with Crippen molar-refractivity contribution in [2.75, 3.05) is 7.05 Å². The van der Waals surface area contributed by atoms with Gasteiger partial charge in [-0.1, -0.05) is 29.8 Å². The van der Waals surface area contributed by atoms with Crippen LogP contribution >= 0.6 is 11.6 Å². The van der Waals surface area contributed by atoms with Gasteiger partial charge in [0.05, 0.1) is 0 Å². The highest BCUT2D eigenvalue weighted by Crippen LogP contribution is 2.20. The van der Waals surface area contributed by atoms with Gasteiger partial charge >= 0.3 is 0 Å². The first-order chi connectivity index (χ1) is 11.0. The maximum Gasteiger partial charge on any atom is 0.286 e. The highest BCUT2D eigenvalue weighted by atomic mass is 35.5. The highest BCUT2D eigenvalue weighted by Gasteiger charge is 2.16. The van der Waals surface area contributed by atoms with E-state index in [1.165, 1.54) is 7.05 Å². The third kappa shape index (κ3) is 3.19. The van der Waals surface area contributed by atoms with Crippen LogP contribution in [0, 0.1) is 0 Å². The monoisotopic (exact) mass is 327 g/mol. The molecule has 0 bridgehead atoms. The summed E-state index contributed by atoms with van der Waals surface area (Å²) >= 11 is 5.93. The number of carbonyl (C=O) groups is 2. The van der Waals surface area contributed by atoms with Crippen molar-refractivity contribution in [1.29, 1.82) is 0 Å². The molecule has 0 radical (unpaired) electrons. The summed E-state index contributed by atoms with van der Waals surface area (Å²) in [6.45, 7) is 0. The van der Waals surface area contributed by atoms with E-state index in [9.17, 15) is 9.59 Å². The summed E-state index contributed by atoms with van der Waals surface area (Å²) in [4.78, 5) is 27.5. The number of benzene rings is 2. The largest absolute Gasteiger partial charge is 0.350 e. The molecule has 0 aliphatic rings. The number of amides is 2. The van der Waals surface area contributed by atoms with Crippen molar-refractivity contribution in [2.45, 2.75) is 0 Å². The zero-order valence-electron chi connectivity index (χ0n) is 12.3. The smallest absolute Gasteiger partial charge is 0.286 e. The summed E-state index contributed by atoms with van der Waals surface area (Å²) in [5.41, 5.74) is 4.21. The van der Waals surface area contributed by atoms with Crippen LogP contribution in [0.3, 0.4) is 0 Å². The van der Waals surface area contributed by atoms with Crippen LogP contribution in [0.2, 0.25) is 5.02 Å². The van der Waals surface area contributed by atoms with E-state index in [4.69, 9.17) is 11.6 Å². The minimum atomic E-state index is -0.399. The topological polar surface area (TPSA) is 65.2 Å². The Kier molecular flexibility index (Phi) is 4.04. The van der Waals surface area contributed by atoms with Gasteiger partial charge in [0.15, 0.2) is 0 Å². The van der Waals surface area contributed by atoms with Crippen LogP contribution in [0.25, 0.3) is 10.9 Å². The lowest BCUT2D eigenvalue weighted by molar-refractivity contribution is 0.0634. The number of nitrogens with zero attached hydrogens (tertiary/aromatic N) is 1. The van der Waals surface area contributed by atoms with E-state index in [1.54, 1.807) is 48.5 Å². The van der Waals surface area contributed by atoms with Crippen LogP contribution in [-0.4, -0.2) is 28.9 Å². The molecule has 0 unspecified atom stereocenters. The zero-order valence-corrected chi connectivity index (χ0v) is 13.1. The molecule has 0 fully saturated rings. The zero-order chi connectivity index (χ0) is 16.4. The second kappa shape index (κ2) is 6.14. The standard InChI is InChI=1S/C17H14ClN3O2/c1-21(17(23)11-5-3-2-4-6-11)20-16(22)15-10-12-9-13(18)7-8-14(12)19-15/h2-10,19H,1H3,(H,20,22). The number of H-pyrrole nitrogens is 1. The first-order valence-corrected chi connectivity index (χ1v) is 7.35. The maximum atomic E-state index is 12.3. The van der Waals surface area contributed by atoms with E-state index < -0.39 is 5.91 Å². The van der Waals surface area contributed by atoms with Gasteiger partial charge < -0.3 is 4.98 Å². The number of nitrogens with one attached hydrogen (secondary N) is 2. The molecule has 0 atom stereocenters. The van der Waals surface area contributed by atoms with Gasteiger partial charge in [-0.25, -0.2) is 0 Å². The van der Waals surface area contributed by atoms with E-state index in [1.807, 2.05) is 6.07 Å². The van der Waals surface area contributed by atoms with E-state index in [-0.39, 0.29) is 5.91 Å². The summed E-state index contributed by atoms with van der Waals surface area (Å²) in [6.07, 6.45) is 0. The predicted octanol–water partition coefficient (Wildman–Crippen LogP) is 3.24. The quantitative estimate of drug-likeness (QED) is 0.710. The molecule has 1 heterocycles. The van der Waals surface area contributed by atoms with Gasteiger partial charge in [-0.2, -0.15) is 0 Å². The number of halogens is 1. The molecule has 0 spiro atoms. The molecule has 2 N–H and O–H groups in total. The summed E-state index contributed by atoms with van der Waals surface area (Å²) in [5, 5.41) is 2.59. The van der Waals surface area contributed by atoms with Gasteiger partial charge in [-0.05, 0) is 36.4 Å². The first kappa shape index (κ1) is 15.1. The molecular weight excluding hydrogens is 314 g/mol. The number of aromatic nitrogens is 1. The molecule has 0 aliphatic heterocycles. The van der Waals surface area contributed by atoms with Gasteiger partial charge in [0.2, 0.25) is 0 Å². The fourth-order valence-electron chi connectivity index (χ4n) is 2.26. The molecule has 6 heteroatoms. The third-order valence-corrected chi connectivity index (χ3v) is 3.66. The number of aromatic amines is 1. The van der Waals surface area contributed by atoms with Gasteiger partial charge in [0.25, 0.3) is 11.8 Å². The van der Waals surface area contributed by atoms with Crippen molar-refractivity contribution < 1.29 is 9.59 Å². The van der Waals surface area contributed by atoms with Crippen molar-refractivity contribution in [2.24, 2.45) is 0 Å². The summed E-state index contributed by atoms with van der Waals surface area (Å²) in [6, 6.07) is 15.7. The Balaban J connectivity index is 1.76. The fraction of sp³-hybridized carbons (Fsp3) is 0.0588. The third-order valence-electron chi connectivity index (χ3n) is 3.42. The Morgan fingerprint density at radius 2 is 1.83 bits per heavy atom. The number of carbonyl (C=O) groups excluding carboxylic acids is 2. The van der Waals surface area contributed by atoms with Gasteiger partial charge in [-0.3, -0.25) is 20.0 Å². The van der Waals surface area contributed by atoms with Crippen molar-refractivity contribution in [3.8, 4) is 0 Å². The van der Waals surface area contributed by atoms with Crippen LogP contribution in [0.5, 0.6) is 0 Å². The molecule has 0 saturated carbocycles. The molecule has 2 aromatic carbocycles. The molecule has 3 rings (SSSR count). The molecule has 0 saturated heterocycles. The van der Waals surface area contributed by atoms with E-state index in [0.29, 0.717) is 16.3 Å². The first-order valence-electron chi connectivity index (χ1n) is 6.97. The molecular formula is C17H14ClN3O2. The fourth-order valence-corrected chi connectivity index (χ4v) is 2.44. The molecule has 2 amide bonds. The van der Waals surface area contributed by atoms with Crippen LogP contribution in [0.4, 0.5) is 0 Å². The molecule has 116 valence electrons. The lowest BCUT2D eigenvalue weighted by Gasteiger charge is -2.17. The lowest BCUT2D eigenvalue weighted by atomic mass is 10.2. The van der Waals surface area contributed by atoms with E-state index in [2.05, 4.69) is 10.4 Å². The number of fused-ring (bicyclic) bond motifs is 1. The highest BCUT2D eigenvalue weighted by molar-refractivity contribution is 6.31. The predicted molar refractivity (Wildman–Crippen MR) is 89.3 cm³/mol. The molecule has 23 heavy (non-hydrogen) atoms. The molecule has 0 aliphatic carbocycles. The Bertz CT molecular complexity index is 874. The van der Waals surface area contributed by atoms with Gasteiger partial charge in [-0.15, -0.1) is 0 Å². The van der Waals surface area contributed by atoms with Crippen molar-refractivity contribution in [1.82, 2.24) is 15.4 Å². The number of hydrogen-bond donors (Lipinski definition) is 2. The van der Waals surface area contributed by atoms with E-state index >= 15 is 0 Å².